The first-order valence-electron chi connectivity index (χ1n) is 8.67. The van der Waals surface area contributed by atoms with Crippen LogP contribution in [-0.4, -0.2) is 81.4 Å². The van der Waals surface area contributed by atoms with Gasteiger partial charge in [-0.1, -0.05) is 6.07 Å². The highest BCUT2D eigenvalue weighted by Crippen LogP contribution is 2.24. The largest absolute Gasteiger partial charge is 0.379 e. The van der Waals surface area contributed by atoms with E-state index in [1.54, 1.807) is 9.80 Å². The third kappa shape index (κ3) is 4.58. The van der Waals surface area contributed by atoms with Gasteiger partial charge in [-0.05, 0) is 12.1 Å². The molecule has 2 heterocycles. The molecule has 1 aromatic carbocycles. The molecule has 0 unspecified atom stereocenters. The van der Waals surface area contributed by atoms with E-state index in [9.17, 15) is 13.6 Å². The van der Waals surface area contributed by atoms with Crippen LogP contribution in [0.4, 0.5) is 19.3 Å². The molecular weight excluding hydrogens is 330 g/mol. The van der Waals surface area contributed by atoms with Crippen molar-refractivity contribution < 1.29 is 18.3 Å². The number of nitrogens with one attached hydrogen (secondary N) is 1. The van der Waals surface area contributed by atoms with Crippen molar-refractivity contribution in [3.05, 3.63) is 29.8 Å². The zero-order chi connectivity index (χ0) is 17.6. The number of hydrogen-bond acceptors (Lipinski definition) is 4. The fourth-order valence-corrected chi connectivity index (χ4v) is 3.18. The second kappa shape index (κ2) is 8.44. The molecule has 0 aliphatic carbocycles. The van der Waals surface area contributed by atoms with E-state index in [0.717, 1.165) is 32.8 Å². The first-order valence-corrected chi connectivity index (χ1v) is 8.67. The number of carbonyl (C=O) groups is 1. The lowest BCUT2D eigenvalue weighted by atomic mass is 10.2. The fraction of sp³-hybridized carbons (Fsp3) is 0.588. The molecular formula is C17H24F2N4O2. The van der Waals surface area contributed by atoms with Crippen LogP contribution in [0, 0.1) is 11.6 Å². The molecule has 138 valence electrons. The van der Waals surface area contributed by atoms with E-state index in [4.69, 9.17) is 4.74 Å². The van der Waals surface area contributed by atoms with E-state index < -0.39 is 11.6 Å². The number of para-hydroxylation sites is 1. The number of halogens is 2. The van der Waals surface area contributed by atoms with Gasteiger partial charge in [0.25, 0.3) is 0 Å². The zero-order valence-electron chi connectivity index (χ0n) is 14.2. The summed E-state index contributed by atoms with van der Waals surface area (Å²) in [5.74, 6) is -1.13. The average molecular weight is 354 g/mol. The van der Waals surface area contributed by atoms with Crippen LogP contribution in [0.25, 0.3) is 0 Å². The number of benzene rings is 1. The minimum absolute atomic E-state index is 0.00474. The molecule has 2 saturated heterocycles. The molecule has 0 bridgehead atoms. The summed E-state index contributed by atoms with van der Waals surface area (Å²) in [5.41, 5.74) is -0.00474. The van der Waals surface area contributed by atoms with Crippen molar-refractivity contribution in [2.75, 3.05) is 70.5 Å². The lowest BCUT2D eigenvalue weighted by Gasteiger charge is -2.36. The highest BCUT2D eigenvalue weighted by Gasteiger charge is 2.24. The maximum atomic E-state index is 13.8. The van der Waals surface area contributed by atoms with Crippen molar-refractivity contribution >= 4 is 11.7 Å². The van der Waals surface area contributed by atoms with Gasteiger partial charge in [-0.2, -0.15) is 0 Å². The summed E-state index contributed by atoms with van der Waals surface area (Å²) in [6.07, 6.45) is 0. The van der Waals surface area contributed by atoms with Gasteiger partial charge in [0.15, 0.2) is 0 Å². The first-order chi connectivity index (χ1) is 12.1. The summed E-state index contributed by atoms with van der Waals surface area (Å²) < 4.78 is 33.0. The summed E-state index contributed by atoms with van der Waals surface area (Å²) >= 11 is 0. The second-order valence-electron chi connectivity index (χ2n) is 6.23. The monoisotopic (exact) mass is 354 g/mol. The van der Waals surface area contributed by atoms with Crippen molar-refractivity contribution in [2.24, 2.45) is 0 Å². The number of amides is 2. The average Bonchev–Trinajstić information content (AvgIpc) is 2.63. The van der Waals surface area contributed by atoms with Gasteiger partial charge in [0.1, 0.15) is 17.3 Å². The number of urea groups is 1. The molecule has 1 aromatic rings. The van der Waals surface area contributed by atoms with Crippen molar-refractivity contribution in [3.8, 4) is 0 Å². The fourth-order valence-electron chi connectivity index (χ4n) is 3.18. The van der Waals surface area contributed by atoms with Crippen LogP contribution in [0.2, 0.25) is 0 Å². The molecule has 8 heteroatoms. The Bertz CT molecular complexity index is 568. The molecule has 3 rings (SSSR count). The number of piperazine rings is 1. The molecule has 6 nitrogen and oxygen atoms in total. The highest BCUT2D eigenvalue weighted by molar-refractivity contribution is 5.74. The minimum atomic E-state index is -0.566. The molecule has 2 amide bonds. The number of ether oxygens (including phenoxy) is 1. The van der Waals surface area contributed by atoms with Gasteiger partial charge < -0.3 is 19.9 Å². The van der Waals surface area contributed by atoms with Gasteiger partial charge in [0.05, 0.1) is 13.2 Å². The first kappa shape index (κ1) is 17.9. The quantitative estimate of drug-likeness (QED) is 0.881. The highest BCUT2D eigenvalue weighted by atomic mass is 19.1. The molecule has 2 aliphatic rings. The van der Waals surface area contributed by atoms with Crippen LogP contribution in [-0.2, 0) is 4.74 Å². The van der Waals surface area contributed by atoms with E-state index >= 15 is 0 Å². The third-order valence-electron chi connectivity index (χ3n) is 4.63. The smallest absolute Gasteiger partial charge is 0.317 e. The lowest BCUT2D eigenvalue weighted by Crippen LogP contribution is -2.53. The van der Waals surface area contributed by atoms with Gasteiger partial charge in [0, 0.05) is 52.4 Å². The zero-order valence-corrected chi connectivity index (χ0v) is 14.2. The van der Waals surface area contributed by atoms with Gasteiger partial charge in [-0.3, -0.25) is 4.90 Å². The van der Waals surface area contributed by atoms with Gasteiger partial charge in [0.2, 0.25) is 0 Å². The maximum Gasteiger partial charge on any atom is 0.317 e. The van der Waals surface area contributed by atoms with Crippen molar-refractivity contribution in [3.63, 3.8) is 0 Å². The van der Waals surface area contributed by atoms with Crippen LogP contribution in [0.1, 0.15) is 0 Å². The number of nitrogens with zero attached hydrogens (tertiary/aromatic N) is 3. The van der Waals surface area contributed by atoms with Gasteiger partial charge >= 0.3 is 6.03 Å². The molecule has 1 N–H and O–H groups in total. The molecule has 0 spiro atoms. The van der Waals surface area contributed by atoms with Crippen molar-refractivity contribution in [1.82, 2.24) is 15.1 Å². The summed E-state index contributed by atoms with van der Waals surface area (Å²) in [4.78, 5) is 17.8. The van der Waals surface area contributed by atoms with Crippen LogP contribution >= 0.6 is 0 Å². The van der Waals surface area contributed by atoms with Crippen LogP contribution < -0.4 is 10.2 Å². The van der Waals surface area contributed by atoms with Crippen molar-refractivity contribution in [1.29, 1.82) is 0 Å². The predicted molar refractivity (Wildman–Crippen MR) is 90.8 cm³/mol. The number of rotatable bonds is 4. The van der Waals surface area contributed by atoms with E-state index in [0.29, 0.717) is 32.7 Å². The van der Waals surface area contributed by atoms with Crippen LogP contribution in [0.15, 0.2) is 18.2 Å². The van der Waals surface area contributed by atoms with E-state index in [1.165, 1.54) is 18.2 Å². The molecule has 2 aliphatic heterocycles. The van der Waals surface area contributed by atoms with Gasteiger partial charge in [-0.25, -0.2) is 13.6 Å². The van der Waals surface area contributed by atoms with E-state index in [-0.39, 0.29) is 11.7 Å². The molecule has 2 fully saturated rings. The number of hydrogen-bond donors (Lipinski definition) is 1. The Hall–Kier alpha value is -1.93. The molecule has 25 heavy (non-hydrogen) atoms. The SMILES string of the molecule is O=C(NCCN1CCOCC1)N1CCN(c2c(F)cccc2F)CC1. The molecule has 0 radical (unpaired) electrons. The Kier molecular flexibility index (Phi) is 6.04. The van der Waals surface area contributed by atoms with Crippen LogP contribution in [0.5, 0.6) is 0 Å². The van der Waals surface area contributed by atoms with E-state index in [1.807, 2.05) is 0 Å². The Morgan fingerprint density at radius 2 is 1.68 bits per heavy atom. The Balaban J connectivity index is 1.43. The Labute approximate surface area is 146 Å². The topological polar surface area (TPSA) is 48.1 Å². The number of morpholine rings is 1. The molecule has 0 atom stereocenters. The maximum absolute atomic E-state index is 13.8. The molecule has 0 saturated carbocycles. The minimum Gasteiger partial charge on any atom is -0.379 e. The van der Waals surface area contributed by atoms with Crippen molar-refractivity contribution in [2.45, 2.75) is 0 Å². The third-order valence-corrected chi connectivity index (χ3v) is 4.63. The summed E-state index contributed by atoms with van der Waals surface area (Å²) in [6, 6.07) is 3.74. The predicted octanol–water partition coefficient (Wildman–Crippen LogP) is 1.13. The normalized spacial score (nSPS) is 19.1. The number of anilines is 1. The summed E-state index contributed by atoms with van der Waals surface area (Å²) in [6.45, 7) is 6.35. The summed E-state index contributed by atoms with van der Waals surface area (Å²) in [7, 11) is 0. The Morgan fingerprint density at radius 3 is 2.32 bits per heavy atom. The standard InChI is InChI=1S/C17H24F2N4O2/c18-14-2-1-3-15(19)16(14)22-6-8-23(9-7-22)17(24)20-4-5-21-10-12-25-13-11-21/h1-3H,4-13H2,(H,20,24). The lowest BCUT2D eigenvalue weighted by molar-refractivity contribution is 0.0386. The van der Waals surface area contributed by atoms with Crippen LogP contribution in [0.3, 0.4) is 0 Å². The second-order valence-corrected chi connectivity index (χ2v) is 6.23. The molecule has 0 aromatic heterocycles. The Morgan fingerprint density at radius 1 is 1.04 bits per heavy atom. The van der Waals surface area contributed by atoms with E-state index in [2.05, 4.69) is 10.2 Å². The number of carbonyl (C=O) groups excluding carboxylic acids is 1. The summed E-state index contributed by atoms with van der Waals surface area (Å²) in [5, 5.41) is 2.91. The van der Waals surface area contributed by atoms with Gasteiger partial charge in [-0.15, -0.1) is 0 Å².